The molecule has 100 valence electrons. The minimum absolute atomic E-state index is 0.290. The molecule has 0 bridgehead atoms. The number of anilines is 1. The summed E-state index contributed by atoms with van der Waals surface area (Å²) in [6.45, 7) is 1.70. The second kappa shape index (κ2) is 4.77. The van der Waals surface area contributed by atoms with E-state index in [2.05, 4.69) is 10.1 Å². The van der Waals surface area contributed by atoms with Crippen LogP contribution in [0.5, 0.6) is 0 Å². The number of halogens is 1. The van der Waals surface area contributed by atoms with Gasteiger partial charge in [0.2, 0.25) is 5.82 Å². The zero-order chi connectivity index (χ0) is 14.1. The van der Waals surface area contributed by atoms with Crippen LogP contribution < -0.4 is 5.73 Å². The maximum atomic E-state index is 13.5. The maximum Gasteiger partial charge on any atom is 0.258 e. The lowest BCUT2D eigenvalue weighted by Crippen LogP contribution is -1.86. The summed E-state index contributed by atoms with van der Waals surface area (Å²) >= 11 is 0. The van der Waals surface area contributed by atoms with Gasteiger partial charge in [-0.25, -0.2) is 4.39 Å². The Morgan fingerprint density at radius 2 is 1.75 bits per heavy atom. The molecule has 3 aromatic rings. The molecular weight excluding hydrogens is 257 g/mol. The summed E-state index contributed by atoms with van der Waals surface area (Å²) in [5.41, 5.74) is 8.22. The van der Waals surface area contributed by atoms with Crippen molar-refractivity contribution in [3.63, 3.8) is 0 Å². The largest absolute Gasteiger partial charge is 0.399 e. The average molecular weight is 269 g/mol. The number of aromatic nitrogens is 2. The molecule has 1 aromatic heterocycles. The molecule has 0 atom stereocenters. The van der Waals surface area contributed by atoms with Crippen molar-refractivity contribution < 1.29 is 8.91 Å². The van der Waals surface area contributed by atoms with Crippen molar-refractivity contribution in [3.05, 3.63) is 53.8 Å². The van der Waals surface area contributed by atoms with Gasteiger partial charge in [0.1, 0.15) is 5.82 Å². The van der Waals surface area contributed by atoms with Crippen LogP contribution in [0.4, 0.5) is 10.1 Å². The van der Waals surface area contributed by atoms with Gasteiger partial charge in [-0.3, -0.25) is 0 Å². The standard InChI is InChI=1S/C15H12FN3O/c1-9-2-3-11(8-13(9)16)14-18-15(20-19-14)10-4-6-12(17)7-5-10/h2-8H,17H2,1H3. The maximum absolute atomic E-state index is 13.5. The summed E-state index contributed by atoms with van der Waals surface area (Å²) in [5, 5.41) is 3.87. The lowest BCUT2D eigenvalue weighted by atomic mass is 10.1. The van der Waals surface area contributed by atoms with Gasteiger partial charge in [-0.05, 0) is 42.8 Å². The molecule has 3 rings (SSSR count). The summed E-state index contributed by atoms with van der Waals surface area (Å²) in [6.07, 6.45) is 0. The van der Waals surface area contributed by atoms with Crippen LogP contribution in [0.15, 0.2) is 47.0 Å². The lowest BCUT2D eigenvalue weighted by Gasteiger charge is -1.97. The van der Waals surface area contributed by atoms with Gasteiger partial charge in [-0.1, -0.05) is 17.3 Å². The molecule has 0 aliphatic heterocycles. The summed E-state index contributed by atoms with van der Waals surface area (Å²) in [7, 11) is 0. The number of rotatable bonds is 2. The third-order valence-electron chi connectivity index (χ3n) is 3.01. The third kappa shape index (κ3) is 2.25. The highest BCUT2D eigenvalue weighted by atomic mass is 19.1. The van der Waals surface area contributed by atoms with Gasteiger partial charge in [0, 0.05) is 16.8 Å². The number of nitrogens with two attached hydrogens (primary N) is 1. The Labute approximate surface area is 115 Å². The highest BCUT2D eigenvalue weighted by molar-refractivity contribution is 5.61. The number of hydrogen-bond donors (Lipinski definition) is 1. The van der Waals surface area contributed by atoms with Gasteiger partial charge in [-0.15, -0.1) is 0 Å². The van der Waals surface area contributed by atoms with Crippen molar-refractivity contribution >= 4 is 5.69 Å². The van der Waals surface area contributed by atoms with Crippen molar-refractivity contribution in [2.45, 2.75) is 6.92 Å². The molecule has 0 saturated carbocycles. The van der Waals surface area contributed by atoms with E-state index in [0.29, 0.717) is 28.5 Å². The first-order valence-corrected chi connectivity index (χ1v) is 6.09. The summed E-state index contributed by atoms with van der Waals surface area (Å²) < 4.78 is 18.7. The Hall–Kier alpha value is -2.69. The zero-order valence-electron chi connectivity index (χ0n) is 10.8. The highest BCUT2D eigenvalue weighted by Crippen LogP contribution is 2.24. The predicted octanol–water partition coefficient (Wildman–Crippen LogP) is 3.43. The Morgan fingerprint density at radius 3 is 2.45 bits per heavy atom. The first-order chi connectivity index (χ1) is 9.63. The number of hydrogen-bond acceptors (Lipinski definition) is 4. The smallest absolute Gasteiger partial charge is 0.258 e. The molecule has 0 aliphatic carbocycles. The van der Waals surface area contributed by atoms with E-state index < -0.39 is 0 Å². The molecule has 0 amide bonds. The van der Waals surface area contributed by atoms with Crippen molar-refractivity contribution in [1.82, 2.24) is 10.1 Å². The van der Waals surface area contributed by atoms with Crippen LogP contribution in [0.25, 0.3) is 22.8 Å². The summed E-state index contributed by atoms with van der Waals surface area (Å²) in [5.74, 6) is 0.443. The van der Waals surface area contributed by atoms with E-state index in [1.807, 2.05) is 0 Å². The van der Waals surface area contributed by atoms with Crippen LogP contribution >= 0.6 is 0 Å². The fourth-order valence-corrected chi connectivity index (χ4v) is 1.82. The Kier molecular flexibility index (Phi) is 2.95. The minimum atomic E-state index is -0.290. The SMILES string of the molecule is Cc1ccc(-c2noc(-c3ccc(N)cc3)n2)cc1F. The van der Waals surface area contributed by atoms with Crippen molar-refractivity contribution in [1.29, 1.82) is 0 Å². The normalized spacial score (nSPS) is 10.7. The molecule has 0 unspecified atom stereocenters. The Morgan fingerprint density at radius 1 is 1.05 bits per heavy atom. The first-order valence-electron chi connectivity index (χ1n) is 6.09. The van der Waals surface area contributed by atoms with E-state index >= 15 is 0 Å². The Bertz CT molecular complexity index is 750. The van der Waals surface area contributed by atoms with Crippen LogP contribution in [0.1, 0.15) is 5.56 Å². The summed E-state index contributed by atoms with van der Waals surface area (Å²) in [4.78, 5) is 4.27. The quantitative estimate of drug-likeness (QED) is 0.724. The molecule has 0 aliphatic rings. The summed E-state index contributed by atoms with van der Waals surface area (Å²) in [6, 6.07) is 11.9. The van der Waals surface area contributed by atoms with Crippen molar-refractivity contribution in [3.8, 4) is 22.8 Å². The molecule has 0 fully saturated rings. The van der Waals surface area contributed by atoms with Crippen LogP contribution in [0.3, 0.4) is 0 Å². The Balaban J connectivity index is 1.97. The second-order valence-corrected chi connectivity index (χ2v) is 4.51. The van der Waals surface area contributed by atoms with E-state index in [0.717, 1.165) is 5.56 Å². The number of benzene rings is 2. The second-order valence-electron chi connectivity index (χ2n) is 4.51. The molecule has 0 saturated heterocycles. The van der Waals surface area contributed by atoms with E-state index in [1.165, 1.54) is 6.07 Å². The van der Waals surface area contributed by atoms with Gasteiger partial charge < -0.3 is 10.3 Å². The molecule has 4 nitrogen and oxygen atoms in total. The van der Waals surface area contributed by atoms with Gasteiger partial charge in [0.25, 0.3) is 5.89 Å². The molecule has 0 spiro atoms. The molecule has 2 aromatic carbocycles. The monoisotopic (exact) mass is 269 g/mol. The zero-order valence-corrected chi connectivity index (χ0v) is 10.8. The van der Waals surface area contributed by atoms with Gasteiger partial charge in [-0.2, -0.15) is 4.98 Å². The first kappa shape index (κ1) is 12.3. The third-order valence-corrected chi connectivity index (χ3v) is 3.01. The van der Waals surface area contributed by atoms with Crippen LogP contribution in [0.2, 0.25) is 0 Å². The van der Waals surface area contributed by atoms with E-state index in [4.69, 9.17) is 10.3 Å². The van der Waals surface area contributed by atoms with Gasteiger partial charge in [0.15, 0.2) is 0 Å². The average Bonchev–Trinajstić information content (AvgIpc) is 2.92. The molecule has 5 heteroatoms. The molecule has 2 N–H and O–H groups in total. The van der Waals surface area contributed by atoms with Crippen molar-refractivity contribution in [2.75, 3.05) is 5.73 Å². The number of aryl methyl sites for hydroxylation is 1. The predicted molar refractivity (Wildman–Crippen MR) is 74.3 cm³/mol. The van der Waals surface area contributed by atoms with E-state index in [-0.39, 0.29) is 5.82 Å². The van der Waals surface area contributed by atoms with Gasteiger partial charge >= 0.3 is 0 Å². The van der Waals surface area contributed by atoms with Crippen molar-refractivity contribution in [2.24, 2.45) is 0 Å². The van der Waals surface area contributed by atoms with Gasteiger partial charge in [0.05, 0.1) is 0 Å². The molecule has 1 heterocycles. The van der Waals surface area contributed by atoms with Crippen LogP contribution in [-0.2, 0) is 0 Å². The van der Waals surface area contributed by atoms with Crippen LogP contribution in [-0.4, -0.2) is 10.1 Å². The lowest BCUT2D eigenvalue weighted by molar-refractivity contribution is 0.432. The fourth-order valence-electron chi connectivity index (χ4n) is 1.82. The van der Waals surface area contributed by atoms with Crippen LogP contribution in [0, 0.1) is 12.7 Å². The molecular formula is C15H12FN3O. The topological polar surface area (TPSA) is 64.9 Å². The van der Waals surface area contributed by atoms with E-state index in [1.54, 1.807) is 43.3 Å². The highest BCUT2D eigenvalue weighted by Gasteiger charge is 2.11. The minimum Gasteiger partial charge on any atom is -0.399 e. The fraction of sp³-hybridized carbons (Fsp3) is 0.0667. The number of nitrogen functional groups attached to an aromatic ring is 1. The van der Waals surface area contributed by atoms with E-state index in [9.17, 15) is 4.39 Å². The number of nitrogens with zero attached hydrogens (tertiary/aromatic N) is 2. The molecule has 20 heavy (non-hydrogen) atoms. The molecule has 0 radical (unpaired) electrons.